The van der Waals surface area contributed by atoms with Crippen LogP contribution in [0.4, 0.5) is 0 Å². The third-order valence-corrected chi connectivity index (χ3v) is 3.83. The van der Waals surface area contributed by atoms with E-state index in [0.717, 1.165) is 24.8 Å². The molecule has 0 amide bonds. The van der Waals surface area contributed by atoms with Crippen LogP contribution in [0.5, 0.6) is 0 Å². The first-order valence-corrected chi connectivity index (χ1v) is 6.63. The SMILES string of the molecule is Cc1cccc(-n2c(C)cc3c2CCCC3O)c1. The molecule has 94 valence electrons. The summed E-state index contributed by atoms with van der Waals surface area (Å²) in [7, 11) is 0. The molecule has 0 saturated carbocycles. The van der Waals surface area contributed by atoms with E-state index in [9.17, 15) is 5.11 Å². The van der Waals surface area contributed by atoms with Gasteiger partial charge in [-0.2, -0.15) is 0 Å². The van der Waals surface area contributed by atoms with E-state index in [0.29, 0.717) is 0 Å². The Bertz CT molecular complexity index is 583. The number of aryl methyl sites for hydroxylation is 2. The number of benzene rings is 1. The van der Waals surface area contributed by atoms with Crippen LogP contribution in [0.15, 0.2) is 30.3 Å². The lowest BCUT2D eigenvalue weighted by molar-refractivity contribution is 0.156. The zero-order chi connectivity index (χ0) is 12.7. The topological polar surface area (TPSA) is 25.2 Å². The average molecular weight is 241 g/mol. The molecule has 2 heteroatoms. The number of aliphatic hydroxyl groups excluding tert-OH is 1. The second-order valence-corrected chi connectivity index (χ2v) is 5.27. The van der Waals surface area contributed by atoms with Crippen LogP contribution in [0.25, 0.3) is 5.69 Å². The molecule has 1 N–H and O–H groups in total. The summed E-state index contributed by atoms with van der Waals surface area (Å²) in [5, 5.41) is 10.1. The molecule has 0 fully saturated rings. The predicted molar refractivity (Wildman–Crippen MR) is 73.1 cm³/mol. The highest BCUT2D eigenvalue weighted by Crippen LogP contribution is 2.33. The summed E-state index contributed by atoms with van der Waals surface area (Å²) in [4.78, 5) is 0. The Kier molecular flexibility index (Phi) is 2.75. The fraction of sp³-hybridized carbons (Fsp3) is 0.375. The number of hydrogen-bond acceptors (Lipinski definition) is 1. The molecule has 0 aliphatic heterocycles. The van der Waals surface area contributed by atoms with Gasteiger partial charge in [0.2, 0.25) is 0 Å². The van der Waals surface area contributed by atoms with Crippen molar-refractivity contribution in [2.75, 3.05) is 0 Å². The van der Waals surface area contributed by atoms with Crippen molar-refractivity contribution in [3.63, 3.8) is 0 Å². The van der Waals surface area contributed by atoms with Gasteiger partial charge in [-0.15, -0.1) is 0 Å². The number of aliphatic hydroxyl groups is 1. The second kappa shape index (κ2) is 4.29. The maximum absolute atomic E-state index is 10.1. The molecule has 1 aliphatic carbocycles. The van der Waals surface area contributed by atoms with Crippen LogP contribution in [0.2, 0.25) is 0 Å². The minimum atomic E-state index is -0.279. The van der Waals surface area contributed by atoms with Crippen molar-refractivity contribution >= 4 is 0 Å². The van der Waals surface area contributed by atoms with E-state index in [2.05, 4.69) is 48.7 Å². The van der Waals surface area contributed by atoms with Crippen molar-refractivity contribution in [2.24, 2.45) is 0 Å². The van der Waals surface area contributed by atoms with Crippen molar-refractivity contribution in [3.05, 3.63) is 52.8 Å². The summed E-state index contributed by atoms with van der Waals surface area (Å²) >= 11 is 0. The summed E-state index contributed by atoms with van der Waals surface area (Å²) in [6.07, 6.45) is 2.75. The molecule has 2 nitrogen and oxygen atoms in total. The molecule has 0 saturated heterocycles. The average Bonchev–Trinajstić information content (AvgIpc) is 2.67. The van der Waals surface area contributed by atoms with Gasteiger partial charge >= 0.3 is 0 Å². The van der Waals surface area contributed by atoms with Gasteiger partial charge in [-0.25, -0.2) is 0 Å². The Morgan fingerprint density at radius 1 is 1.22 bits per heavy atom. The summed E-state index contributed by atoms with van der Waals surface area (Å²) in [5.74, 6) is 0. The van der Waals surface area contributed by atoms with Crippen molar-refractivity contribution in [3.8, 4) is 5.69 Å². The fourth-order valence-electron chi connectivity index (χ4n) is 3.00. The van der Waals surface area contributed by atoms with Gasteiger partial charge in [0.15, 0.2) is 0 Å². The smallest absolute Gasteiger partial charge is 0.0807 e. The van der Waals surface area contributed by atoms with Gasteiger partial charge in [0, 0.05) is 22.6 Å². The van der Waals surface area contributed by atoms with E-state index in [1.54, 1.807) is 0 Å². The summed E-state index contributed by atoms with van der Waals surface area (Å²) < 4.78 is 2.30. The Hall–Kier alpha value is -1.54. The van der Waals surface area contributed by atoms with E-state index < -0.39 is 0 Å². The molecule has 1 atom stereocenters. The molecule has 18 heavy (non-hydrogen) atoms. The molecule has 0 spiro atoms. The quantitative estimate of drug-likeness (QED) is 0.812. The van der Waals surface area contributed by atoms with Gasteiger partial charge in [0.05, 0.1) is 6.10 Å². The molecular formula is C16H19NO. The zero-order valence-electron chi connectivity index (χ0n) is 11.0. The highest BCUT2D eigenvalue weighted by Gasteiger charge is 2.23. The van der Waals surface area contributed by atoms with Crippen molar-refractivity contribution in [2.45, 2.75) is 39.2 Å². The summed E-state index contributed by atoms with van der Waals surface area (Å²) in [6, 6.07) is 10.7. The molecule has 1 aromatic carbocycles. The molecule has 0 bridgehead atoms. The number of rotatable bonds is 1. The van der Waals surface area contributed by atoms with Gasteiger partial charge < -0.3 is 9.67 Å². The Balaban J connectivity index is 2.18. The van der Waals surface area contributed by atoms with Crippen molar-refractivity contribution in [1.29, 1.82) is 0 Å². The first-order chi connectivity index (χ1) is 8.66. The zero-order valence-corrected chi connectivity index (χ0v) is 11.0. The van der Waals surface area contributed by atoms with Crippen LogP contribution in [0, 0.1) is 13.8 Å². The molecule has 0 radical (unpaired) electrons. The summed E-state index contributed by atoms with van der Waals surface area (Å²) in [6.45, 7) is 4.23. The van der Waals surface area contributed by atoms with Crippen LogP contribution in [0.3, 0.4) is 0 Å². The lowest BCUT2D eigenvalue weighted by Crippen LogP contribution is -2.11. The standard InChI is InChI=1S/C16H19NO/c1-11-5-3-6-13(9-11)17-12(2)10-14-15(17)7-4-8-16(14)18/h3,5-6,9-10,16,18H,4,7-8H2,1-2H3. The first kappa shape index (κ1) is 11.5. The van der Waals surface area contributed by atoms with Crippen molar-refractivity contribution in [1.82, 2.24) is 4.57 Å². The second-order valence-electron chi connectivity index (χ2n) is 5.27. The molecule has 1 unspecified atom stereocenters. The van der Waals surface area contributed by atoms with Crippen LogP contribution in [0.1, 0.15) is 41.5 Å². The highest BCUT2D eigenvalue weighted by molar-refractivity contribution is 5.44. The monoisotopic (exact) mass is 241 g/mol. The van der Waals surface area contributed by atoms with Gasteiger partial charge in [-0.1, -0.05) is 12.1 Å². The van der Waals surface area contributed by atoms with E-state index in [4.69, 9.17) is 0 Å². The Morgan fingerprint density at radius 2 is 2.06 bits per heavy atom. The number of nitrogens with zero attached hydrogens (tertiary/aromatic N) is 1. The van der Waals surface area contributed by atoms with E-state index in [1.807, 2.05) is 0 Å². The Morgan fingerprint density at radius 3 is 2.83 bits per heavy atom. The lowest BCUT2D eigenvalue weighted by atomic mass is 9.95. The molecule has 1 aliphatic rings. The lowest BCUT2D eigenvalue weighted by Gasteiger charge is -2.20. The van der Waals surface area contributed by atoms with Gasteiger partial charge in [0.1, 0.15) is 0 Å². The van der Waals surface area contributed by atoms with Gasteiger partial charge in [0.25, 0.3) is 0 Å². The maximum atomic E-state index is 10.1. The molecule has 1 heterocycles. The largest absolute Gasteiger partial charge is 0.388 e. The summed E-state index contributed by atoms with van der Waals surface area (Å²) in [5.41, 5.74) is 6.11. The predicted octanol–water partition coefficient (Wildman–Crippen LogP) is 3.46. The number of fused-ring (bicyclic) bond motifs is 1. The van der Waals surface area contributed by atoms with Crippen LogP contribution < -0.4 is 0 Å². The van der Waals surface area contributed by atoms with Crippen molar-refractivity contribution < 1.29 is 5.11 Å². The third-order valence-electron chi connectivity index (χ3n) is 3.83. The molecule has 1 aromatic heterocycles. The first-order valence-electron chi connectivity index (χ1n) is 6.63. The fourth-order valence-corrected chi connectivity index (χ4v) is 3.00. The van der Waals surface area contributed by atoms with Crippen LogP contribution in [-0.4, -0.2) is 9.67 Å². The van der Waals surface area contributed by atoms with Gasteiger partial charge in [-0.05, 0) is 56.9 Å². The number of hydrogen-bond donors (Lipinski definition) is 1. The normalized spacial score (nSPS) is 18.7. The molecule has 2 aromatic rings. The highest BCUT2D eigenvalue weighted by atomic mass is 16.3. The Labute approximate surface area is 108 Å². The van der Waals surface area contributed by atoms with E-state index in [-0.39, 0.29) is 6.10 Å². The van der Waals surface area contributed by atoms with Gasteiger partial charge in [-0.3, -0.25) is 0 Å². The minimum Gasteiger partial charge on any atom is -0.388 e. The molecule has 3 rings (SSSR count). The van der Waals surface area contributed by atoms with Crippen LogP contribution >= 0.6 is 0 Å². The minimum absolute atomic E-state index is 0.279. The van der Waals surface area contributed by atoms with E-state index in [1.165, 1.54) is 22.6 Å². The maximum Gasteiger partial charge on any atom is 0.0807 e. The van der Waals surface area contributed by atoms with Crippen LogP contribution in [-0.2, 0) is 6.42 Å². The van der Waals surface area contributed by atoms with E-state index >= 15 is 0 Å². The molecular weight excluding hydrogens is 222 g/mol. The third kappa shape index (κ3) is 1.77. The number of aromatic nitrogens is 1.